The monoisotopic (exact) mass is 294 g/mol. The molecule has 0 aromatic heterocycles. The summed E-state index contributed by atoms with van der Waals surface area (Å²) in [4.78, 5) is 11.2. The molecule has 22 heavy (non-hydrogen) atoms. The van der Waals surface area contributed by atoms with E-state index in [0.29, 0.717) is 6.61 Å². The smallest absolute Gasteiger partial charge is 0.181 e. The molecule has 0 amide bonds. The quantitative estimate of drug-likeness (QED) is 0.247. The van der Waals surface area contributed by atoms with Crippen molar-refractivity contribution in [3.8, 4) is 5.75 Å². The van der Waals surface area contributed by atoms with Crippen molar-refractivity contribution in [2.45, 2.75) is 33.1 Å². The lowest BCUT2D eigenvalue weighted by Crippen LogP contribution is -2.00. The van der Waals surface area contributed by atoms with E-state index in [9.17, 15) is 0 Å². The average Bonchev–Trinajstić information content (AvgIpc) is 2.54. The lowest BCUT2D eigenvalue weighted by Gasteiger charge is -2.12. The van der Waals surface area contributed by atoms with Gasteiger partial charge in [0.25, 0.3) is 0 Å². The second kappa shape index (κ2) is 6.80. The maximum Gasteiger partial charge on any atom is 0.181 e. The first-order valence-electron chi connectivity index (χ1n) is 8.01. The van der Waals surface area contributed by atoms with Crippen molar-refractivity contribution in [3.63, 3.8) is 0 Å². The summed E-state index contributed by atoms with van der Waals surface area (Å²) in [5, 5.41) is 4.55. The van der Waals surface area contributed by atoms with Gasteiger partial charge in [-0.05, 0) is 36.2 Å². The molecule has 0 saturated carbocycles. The maximum atomic E-state index is 5.73. The summed E-state index contributed by atoms with van der Waals surface area (Å²) in [5.41, 5.74) is 1.22. The van der Waals surface area contributed by atoms with Gasteiger partial charge in [0.15, 0.2) is 5.75 Å². The highest BCUT2D eigenvalue weighted by Gasteiger charge is 2.10. The zero-order valence-corrected chi connectivity index (χ0v) is 13.3. The third-order valence-electron chi connectivity index (χ3n) is 3.94. The summed E-state index contributed by atoms with van der Waals surface area (Å²) < 4.78 is 0. The molecule has 2 nitrogen and oxygen atoms in total. The van der Waals surface area contributed by atoms with Crippen molar-refractivity contribution < 1.29 is 9.78 Å². The summed E-state index contributed by atoms with van der Waals surface area (Å²) >= 11 is 0. The molecule has 0 aliphatic heterocycles. The van der Waals surface area contributed by atoms with Crippen LogP contribution in [0.3, 0.4) is 0 Å². The minimum Gasteiger partial charge on any atom is -0.336 e. The van der Waals surface area contributed by atoms with Crippen LogP contribution in [0.4, 0.5) is 0 Å². The zero-order valence-electron chi connectivity index (χ0n) is 13.3. The van der Waals surface area contributed by atoms with Crippen LogP contribution in [0.25, 0.3) is 21.5 Å². The van der Waals surface area contributed by atoms with E-state index >= 15 is 0 Å². The van der Waals surface area contributed by atoms with E-state index in [1.807, 2.05) is 12.1 Å². The molecule has 0 spiro atoms. The molecular weight excluding hydrogens is 272 g/mol. The van der Waals surface area contributed by atoms with E-state index < -0.39 is 0 Å². The van der Waals surface area contributed by atoms with Gasteiger partial charge in [0.1, 0.15) is 0 Å². The number of fused-ring (bicyclic) bond motifs is 2. The predicted octanol–water partition coefficient (Wildman–Crippen LogP) is 5.80. The van der Waals surface area contributed by atoms with Crippen LogP contribution in [0.1, 0.15) is 31.7 Å². The van der Waals surface area contributed by atoms with E-state index in [2.05, 4.69) is 50.2 Å². The van der Waals surface area contributed by atoms with Crippen LogP contribution < -0.4 is 4.89 Å². The fraction of sp³-hybridized carbons (Fsp3) is 0.300. The molecule has 0 heterocycles. The van der Waals surface area contributed by atoms with Crippen LogP contribution in [-0.4, -0.2) is 6.61 Å². The third-order valence-corrected chi connectivity index (χ3v) is 3.94. The molecule has 0 fully saturated rings. The normalized spacial score (nSPS) is 11.2. The Morgan fingerprint density at radius 1 is 0.864 bits per heavy atom. The zero-order chi connectivity index (χ0) is 15.4. The van der Waals surface area contributed by atoms with Gasteiger partial charge in [-0.25, -0.2) is 0 Å². The Labute approximate surface area is 131 Å². The molecular formula is C20H22O2. The standard InChI is InChI=1S/C20H22O2/c1-3-4-7-12-21-22-20-18-9-6-5-8-16(18)14-17-11-10-15(2)13-19(17)20/h5-6,8-11,13-14H,3-4,7,12H2,1-2H3. The number of rotatable bonds is 6. The summed E-state index contributed by atoms with van der Waals surface area (Å²) in [7, 11) is 0. The second-order valence-corrected chi connectivity index (χ2v) is 5.76. The highest BCUT2D eigenvalue weighted by Crippen LogP contribution is 2.35. The molecule has 3 rings (SSSR count). The van der Waals surface area contributed by atoms with Crippen molar-refractivity contribution in [2.75, 3.05) is 6.61 Å². The Balaban J connectivity index is 2.00. The Morgan fingerprint density at radius 3 is 2.55 bits per heavy atom. The Bertz CT molecular complexity index is 777. The molecule has 114 valence electrons. The lowest BCUT2D eigenvalue weighted by atomic mass is 10.0. The van der Waals surface area contributed by atoms with Crippen molar-refractivity contribution >= 4 is 21.5 Å². The van der Waals surface area contributed by atoms with E-state index in [1.54, 1.807) is 0 Å². The molecule has 3 aromatic carbocycles. The molecule has 0 aliphatic carbocycles. The Morgan fingerprint density at radius 2 is 1.68 bits per heavy atom. The Hall–Kier alpha value is -2.06. The summed E-state index contributed by atoms with van der Waals surface area (Å²) in [6.07, 6.45) is 3.37. The largest absolute Gasteiger partial charge is 0.336 e. The molecule has 0 aliphatic rings. The first-order valence-corrected chi connectivity index (χ1v) is 8.01. The third kappa shape index (κ3) is 3.07. The van der Waals surface area contributed by atoms with Crippen molar-refractivity contribution in [1.29, 1.82) is 0 Å². The molecule has 0 atom stereocenters. The first kappa shape index (κ1) is 14.9. The van der Waals surface area contributed by atoms with Gasteiger partial charge in [-0.2, -0.15) is 4.89 Å². The van der Waals surface area contributed by atoms with Crippen molar-refractivity contribution in [1.82, 2.24) is 0 Å². The number of benzene rings is 3. The molecule has 0 saturated heterocycles. The van der Waals surface area contributed by atoms with Crippen LogP contribution in [0, 0.1) is 6.92 Å². The van der Waals surface area contributed by atoms with Gasteiger partial charge >= 0.3 is 0 Å². The fourth-order valence-corrected chi connectivity index (χ4v) is 2.74. The summed E-state index contributed by atoms with van der Waals surface area (Å²) in [6, 6.07) is 16.9. The molecule has 0 N–H and O–H groups in total. The van der Waals surface area contributed by atoms with Gasteiger partial charge in [0.2, 0.25) is 0 Å². The second-order valence-electron chi connectivity index (χ2n) is 5.76. The fourth-order valence-electron chi connectivity index (χ4n) is 2.74. The minimum absolute atomic E-state index is 0.629. The van der Waals surface area contributed by atoms with Gasteiger partial charge in [-0.1, -0.05) is 61.7 Å². The number of aryl methyl sites for hydroxylation is 1. The van der Waals surface area contributed by atoms with Crippen molar-refractivity contribution in [2.24, 2.45) is 0 Å². The van der Waals surface area contributed by atoms with Gasteiger partial charge in [0.05, 0.1) is 6.61 Å². The maximum absolute atomic E-state index is 5.73. The lowest BCUT2D eigenvalue weighted by molar-refractivity contribution is -0.205. The van der Waals surface area contributed by atoms with E-state index in [0.717, 1.165) is 22.9 Å². The highest BCUT2D eigenvalue weighted by molar-refractivity contribution is 6.05. The summed E-state index contributed by atoms with van der Waals surface area (Å²) in [6.45, 7) is 4.91. The van der Waals surface area contributed by atoms with Crippen LogP contribution in [0.5, 0.6) is 5.75 Å². The number of unbranched alkanes of at least 4 members (excludes halogenated alkanes) is 2. The topological polar surface area (TPSA) is 18.5 Å². The molecule has 3 aromatic rings. The Kier molecular flexibility index (Phi) is 4.59. The van der Waals surface area contributed by atoms with Crippen LogP contribution >= 0.6 is 0 Å². The van der Waals surface area contributed by atoms with Gasteiger partial charge < -0.3 is 4.89 Å². The van der Waals surface area contributed by atoms with Gasteiger partial charge in [0, 0.05) is 10.8 Å². The van der Waals surface area contributed by atoms with Gasteiger partial charge in [-0.3, -0.25) is 0 Å². The van der Waals surface area contributed by atoms with Crippen LogP contribution in [0.2, 0.25) is 0 Å². The number of hydrogen-bond acceptors (Lipinski definition) is 2. The van der Waals surface area contributed by atoms with E-state index in [-0.39, 0.29) is 0 Å². The SMILES string of the molecule is CCCCCOOc1c2ccccc2cc2ccc(C)cc12. The van der Waals surface area contributed by atoms with Crippen LogP contribution in [-0.2, 0) is 4.89 Å². The summed E-state index contributed by atoms with van der Waals surface area (Å²) in [5.74, 6) is 0.827. The van der Waals surface area contributed by atoms with Crippen molar-refractivity contribution in [3.05, 3.63) is 54.1 Å². The molecule has 2 heteroatoms. The minimum atomic E-state index is 0.629. The van der Waals surface area contributed by atoms with Crippen LogP contribution in [0.15, 0.2) is 48.5 Å². The first-order chi connectivity index (χ1) is 10.8. The predicted molar refractivity (Wildman–Crippen MR) is 92.3 cm³/mol. The average molecular weight is 294 g/mol. The van der Waals surface area contributed by atoms with E-state index in [1.165, 1.54) is 29.2 Å². The molecule has 0 radical (unpaired) electrons. The molecule has 0 unspecified atom stereocenters. The highest BCUT2D eigenvalue weighted by atomic mass is 17.2. The number of hydrogen-bond donors (Lipinski definition) is 0. The van der Waals surface area contributed by atoms with Gasteiger partial charge in [-0.15, -0.1) is 0 Å². The van der Waals surface area contributed by atoms with E-state index in [4.69, 9.17) is 9.78 Å². The molecule has 0 bridgehead atoms.